The van der Waals surface area contributed by atoms with Gasteiger partial charge in [0.05, 0.1) is 0 Å². The van der Waals surface area contributed by atoms with E-state index in [-0.39, 0.29) is 11.1 Å². The van der Waals surface area contributed by atoms with Crippen molar-refractivity contribution in [1.29, 1.82) is 5.26 Å². The molecule has 2 rings (SSSR count). The van der Waals surface area contributed by atoms with Gasteiger partial charge in [-0.25, -0.2) is 0 Å². The lowest BCUT2D eigenvalue weighted by Gasteiger charge is -2.11. The first-order chi connectivity index (χ1) is 8.95. The average Bonchev–Trinajstić information content (AvgIpc) is 2.38. The molecule has 5 heteroatoms. The van der Waals surface area contributed by atoms with Crippen molar-refractivity contribution < 1.29 is 0 Å². The molecular weight excluding hydrogens is 306 g/mol. The third kappa shape index (κ3) is 2.27. The molecule has 1 aromatic heterocycles. The van der Waals surface area contributed by atoms with Crippen molar-refractivity contribution >= 4 is 21.7 Å². The second-order valence-corrected chi connectivity index (χ2v) is 5.21. The number of nitrogen functional groups attached to an aromatic ring is 1. The molecular formula is C14H12BrN3O. The van der Waals surface area contributed by atoms with Crippen LogP contribution in [-0.4, -0.2) is 4.57 Å². The van der Waals surface area contributed by atoms with Gasteiger partial charge in [-0.3, -0.25) is 9.36 Å². The van der Waals surface area contributed by atoms with Gasteiger partial charge in [-0.2, -0.15) is 5.26 Å². The van der Waals surface area contributed by atoms with E-state index >= 15 is 0 Å². The van der Waals surface area contributed by atoms with Crippen molar-refractivity contribution in [3.8, 4) is 17.2 Å². The molecule has 0 spiro atoms. The van der Waals surface area contributed by atoms with Crippen molar-refractivity contribution in [3.05, 3.63) is 50.2 Å². The maximum Gasteiger partial charge on any atom is 0.270 e. The molecule has 0 aliphatic heterocycles. The maximum absolute atomic E-state index is 12.1. The number of nitrogens with zero attached hydrogens (tertiary/aromatic N) is 2. The van der Waals surface area contributed by atoms with Gasteiger partial charge >= 0.3 is 0 Å². The quantitative estimate of drug-likeness (QED) is 0.878. The maximum atomic E-state index is 12.1. The molecule has 0 atom stereocenters. The number of pyridine rings is 1. The summed E-state index contributed by atoms with van der Waals surface area (Å²) in [5.74, 6) is 0.332. The fourth-order valence-electron chi connectivity index (χ4n) is 1.92. The molecule has 96 valence electrons. The van der Waals surface area contributed by atoms with Crippen LogP contribution < -0.4 is 11.3 Å². The van der Waals surface area contributed by atoms with Crippen molar-refractivity contribution in [2.24, 2.45) is 7.05 Å². The number of benzene rings is 1. The van der Waals surface area contributed by atoms with Gasteiger partial charge in [-0.05, 0) is 36.2 Å². The van der Waals surface area contributed by atoms with Crippen molar-refractivity contribution in [3.63, 3.8) is 0 Å². The Morgan fingerprint density at radius 1 is 1.32 bits per heavy atom. The van der Waals surface area contributed by atoms with Crippen LogP contribution in [0, 0.1) is 18.3 Å². The number of aromatic nitrogens is 1. The average molecular weight is 318 g/mol. The van der Waals surface area contributed by atoms with Gasteiger partial charge in [0.25, 0.3) is 5.56 Å². The molecule has 0 fully saturated rings. The van der Waals surface area contributed by atoms with Gasteiger partial charge in [-0.1, -0.05) is 22.0 Å². The van der Waals surface area contributed by atoms with Gasteiger partial charge in [0.15, 0.2) is 0 Å². The number of halogens is 1. The summed E-state index contributed by atoms with van der Waals surface area (Å²) in [7, 11) is 1.55. The zero-order valence-corrected chi connectivity index (χ0v) is 12.2. The van der Waals surface area contributed by atoms with E-state index in [4.69, 9.17) is 5.73 Å². The topological polar surface area (TPSA) is 71.8 Å². The molecule has 0 radical (unpaired) electrons. The normalized spacial score (nSPS) is 10.2. The number of nitrogens with two attached hydrogens (primary N) is 1. The summed E-state index contributed by atoms with van der Waals surface area (Å²) in [5.41, 5.74) is 7.92. The molecule has 0 aliphatic rings. The molecule has 0 bridgehead atoms. The molecule has 2 N–H and O–H groups in total. The Balaban J connectivity index is 2.87. The number of rotatable bonds is 1. The van der Waals surface area contributed by atoms with Crippen LogP contribution in [0.2, 0.25) is 0 Å². The minimum absolute atomic E-state index is 0.109. The van der Waals surface area contributed by atoms with Crippen molar-refractivity contribution in [2.45, 2.75) is 6.92 Å². The number of nitriles is 1. The Morgan fingerprint density at radius 3 is 2.63 bits per heavy atom. The van der Waals surface area contributed by atoms with Crippen LogP contribution in [-0.2, 0) is 7.05 Å². The lowest BCUT2D eigenvalue weighted by atomic mass is 9.97. The van der Waals surface area contributed by atoms with Crippen LogP contribution in [0.25, 0.3) is 11.1 Å². The molecule has 1 aromatic carbocycles. The fourth-order valence-corrected chi connectivity index (χ4v) is 2.28. The highest BCUT2D eigenvalue weighted by Gasteiger charge is 2.14. The van der Waals surface area contributed by atoms with E-state index in [1.807, 2.05) is 31.2 Å². The van der Waals surface area contributed by atoms with E-state index in [0.717, 1.165) is 15.6 Å². The first kappa shape index (κ1) is 13.4. The summed E-state index contributed by atoms with van der Waals surface area (Å²) >= 11 is 3.39. The predicted octanol–water partition coefficient (Wildman–Crippen LogP) is 2.58. The second-order valence-electron chi connectivity index (χ2n) is 4.29. The van der Waals surface area contributed by atoms with Gasteiger partial charge < -0.3 is 5.73 Å². The molecule has 0 unspecified atom stereocenters. The summed E-state index contributed by atoms with van der Waals surface area (Å²) in [6.45, 7) is 1.93. The van der Waals surface area contributed by atoms with Crippen LogP contribution >= 0.6 is 15.9 Å². The molecule has 0 saturated heterocycles. The van der Waals surface area contributed by atoms with Crippen molar-refractivity contribution in [1.82, 2.24) is 4.57 Å². The summed E-state index contributed by atoms with van der Waals surface area (Å²) in [6.07, 6.45) is 0. The standard InChI is InChI=1S/C14H12BrN3O/c1-8-3-4-9(15)5-10(8)11-6-13(17)18(2)14(19)12(11)7-16/h3-6H,17H2,1-2H3. The Bertz CT molecular complexity index is 757. The minimum Gasteiger partial charge on any atom is -0.385 e. The first-order valence-electron chi connectivity index (χ1n) is 5.62. The fraction of sp³-hybridized carbons (Fsp3) is 0.143. The zero-order chi connectivity index (χ0) is 14.2. The van der Waals surface area contributed by atoms with E-state index in [0.29, 0.717) is 11.4 Å². The Kier molecular flexibility index (Phi) is 3.45. The van der Waals surface area contributed by atoms with Crippen LogP contribution in [0.5, 0.6) is 0 Å². The SMILES string of the molecule is Cc1ccc(Br)cc1-c1cc(N)n(C)c(=O)c1C#N. The van der Waals surface area contributed by atoms with E-state index < -0.39 is 0 Å². The van der Waals surface area contributed by atoms with E-state index in [9.17, 15) is 10.1 Å². The Morgan fingerprint density at radius 2 is 2.00 bits per heavy atom. The molecule has 0 saturated carbocycles. The lowest BCUT2D eigenvalue weighted by Crippen LogP contribution is -2.23. The summed E-state index contributed by atoms with van der Waals surface area (Å²) in [6, 6.07) is 9.35. The highest BCUT2D eigenvalue weighted by Crippen LogP contribution is 2.29. The minimum atomic E-state index is -0.378. The summed E-state index contributed by atoms with van der Waals surface area (Å²) < 4.78 is 2.16. The van der Waals surface area contributed by atoms with Gasteiger partial charge in [0, 0.05) is 17.1 Å². The molecule has 19 heavy (non-hydrogen) atoms. The van der Waals surface area contributed by atoms with E-state index in [1.165, 1.54) is 4.57 Å². The second kappa shape index (κ2) is 4.90. The van der Waals surface area contributed by atoms with E-state index in [1.54, 1.807) is 13.1 Å². The number of aryl methyl sites for hydroxylation is 1. The molecule has 4 nitrogen and oxygen atoms in total. The number of anilines is 1. The largest absolute Gasteiger partial charge is 0.385 e. The highest BCUT2D eigenvalue weighted by molar-refractivity contribution is 9.10. The monoisotopic (exact) mass is 317 g/mol. The van der Waals surface area contributed by atoms with Gasteiger partial charge in [-0.15, -0.1) is 0 Å². The Hall–Kier alpha value is -2.06. The molecule has 0 aliphatic carbocycles. The van der Waals surface area contributed by atoms with Gasteiger partial charge in [0.2, 0.25) is 0 Å². The molecule has 0 amide bonds. The van der Waals surface area contributed by atoms with E-state index in [2.05, 4.69) is 15.9 Å². The van der Waals surface area contributed by atoms with Gasteiger partial charge in [0.1, 0.15) is 17.5 Å². The summed E-state index contributed by atoms with van der Waals surface area (Å²) in [5, 5.41) is 9.22. The molecule has 2 aromatic rings. The van der Waals surface area contributed by atoms with Crippen LogP contribution in [0.1, 0.15) is 11.1 Å². The zero-order valence-electron chi connectivity index (χ0n) is 10.6. The number of hydrogen-bond donors (Lipinski definition) is 1. The molecule has 1 heterocycles. The third-order valence-electron chi connectivity index (χ3n) is 3.07. The van der Waals surface area contributed by atoms with Crippen LogP contribution in [0.15, 0.2) is 33.5 Å². The number of hydrogen-bond acceptors (Lipinski definition) is 3. The smallest absolute Gasteiger partial charge is 0.270 e. The third-order valence-corrected chi connectivity index (χ3v) is 3.56. The lowest BCUT2D eigenvalue weighted by molar-refractivity contribution is 0.871. The van der Waals surface area contributed by atoms with Crippen LogP contribution in [0.3, 0.4) is 0 Å². The Labute approximate surface area is 119 Å². The first-order valence-corrected chi connectivity index (χ1v) is 6.41. The van der Waals surface area contributed by atoms with Crippen molar-refractivity contribution in [2.75, 3.05) is 5.73 Å². The summed E-state index contributed by atoms with van der Waals surface area (Å²) in [4.78, 5) is 12.1. The van der Waals surface area contributed by atoms with Crippen LogP contribution in [0.4, 0.5) is 5.82 Å². The predicted molar refractivity (Wildman–Crippen MR) is 78.7 cm³/mol. The highest BCUT2D eigenvalue weighted by atomic mass is 79.9.